The number of aliphatic carboxylic acids is 1. The Morgan fingerprint density at radius 1 is 0.933 bits per heavy atom. The van der Waals surface area contributed by atoms with Crippen LogP contribution < -0.4 is 14.4 Å². The molecule has 0 aliphatic carbocycles. The summed E-state index contributed by atoms with van der Waals surface area (Å²) in [6.07, 6.45) is -4.40. The first kappa shape index (κ1) is 32.6. The van der Waals surface area contributed by atoms with Gasteiger partial charge in [-0.15, -0.1) is 23.1 Å². The van der Waals surface area contributed by atoms with Crippen molar-refractivity contribution in [3.05, 3.63) is 88.9 Å². The summed E-state index contributed by atoms with van der Waals surface area (Å²) in [5.74, 6) is 0.857. The van der Waals surface area contributed by atoms with Crippen molar-refractivity contribution in [3.63, 3.8) is 0 Å². The molecule has 1 aromatic heterocycles. The number of nitrogens with zero attached hydrogens (tertiary/aromatic N) is 3. The van der Waals surface area contributed by atoms with Crippen LogP contribution in [0.15, 0.2) is 77.7 Å². The molecule has 0 unspecified atom stereocenters. The van der Waals surface area contributed by atoms with E-state index in [-0.39, 0.29) is 0 Å². The number of carboxylic acid groups (broad SMARTS) is 1. The number of anilines is 1. The van der Waals surface area contributed by atoms with E-state index in [1.807, 2.05) is 24.3 Å². The lowest BCUT2D eigenvalue weighted by Crippen LogP contribution is -2.46. The molecule has 2 heterocycles. The summed E-state index contributed by atoms with van der Waals surface area (Å²) in [5.41, 5.74) is 0.684. The largest absolute Gasteiger partial charge is 0.497 e. The van der Waals surface area contributed by atoms with E-state index in [9.17, 15) is 23.1 Å². The third-order valence-electron chi connectivity index (χ3n) is 7.50. The van der Waals surface area contributed by atoms with Crippen LogP contribution in [-0.2, 0) is 23.3 Å². The van der Waals surface area contributed by atoms with E-state index in [0.29, 0.717) is 28.6 Å². The number of ether oxygens (including phenoxy) is 2. The summed E-state index contributed by atoms with van der Waals surface area (Å²) >= 11 is 3.11. The molecular formula is C33H34F3N3O4S2. The number of halogens is 3. The number of benzene rings is 3. The third-order valence-corrected chi connectivity index (χ3v) is 9.87. The first-order chi connectivity index (χ1) is 21.4. The molecule has 3 aromatic carbocycles. The molecule has 45 heavy (non-hydrogen) atoms. The molecule has 0 radical (unpaired) electrons. The van der Waals surface area contributed by atoms with Crippen LogP contribution in [0.2, 0.25) is 0 Å². The van der Waals surface area contributed by atoms with Crippen LogP contribution >= 0.6 is 23.1 Å². The molecule has 1 saturated heterocycles. The molecule has 0 spiro atoms. The molecule has 0 bridgehead atoms. The Labute approximate surface area is 268 Å². The highest BCUT2D eigenvalue weighted by Gasteiger charge is 2.31. The second-order valence-corrected chi connectivity index (χ2v) is 13.2. The van der Waals surface area contributed by atoms with Gasteiger partial charge in [-0.3, -0.25) is 4.90 Å². The summed E-state index contributed by atoms with van der Waals surface area (Å²) in [4.78, 5) is 23.0. The van der Waals surface area contributed by atoms with Crippen LogP contribution in [-0.4, -0.2) is 59.8 Å². The van der Waals surface area contributed by atoms with E-state index in [1.165, 1.54) is 37.3 Å². The predicted octanol–water partition coefficient (Wildman–Crippen LogP) is 7.69. The number of alkyl halides is 3. The maximum Gasteiger partial charge on any atom is 0.416 e. The van der Waals surface area contributed by atoms with Crippen LogP contribution in [0, 0.1) is 0 Å². The van der Waals surface area contributed by atoms with Crippen molar-refractivity contribution in [1.82, 2.24) is 9.88 Å². The highest BCUT2D eigenvalue weighted by atomic mass is 32.2. The minimum Gasteiger partial charge on any atom is -0.497 e. The fourth-order valence-electron chi connectivity index (χ4n) is 4.81. The Balaban J connectivity index is 1.29. The lowest BCUT2D eigenvalue weighted by Gasteiger charge is -2.36. The Morgan fingerprint density at radius 2 is 1.56 bits per heavy atom. The highest BCUT2D eigenvalue weighted by molar-refractivity contribution is 7.98. The van der Waals surface area contributed by atoms with Gasteiger partial charge in [0, 0.05) is 59.5 Å². The van der Waals surface area contributed by atoms with E-state index in [0.717, 1.165) is 65.2 Å². The Hall–Kier alpha value is -3.74. The molecule has 1 aliphatic heterocycles. The summed E-state index contributed by atoms with van der Waals surface area (Å²) in [5, 5.41) is 10.0. The molecule has 238 valence electrons. The van der Waals surface area contributed by atoms with Crippen molar-refractivity contribution < 1.29 is 32.5 Å². The topological polar surface area (TPSA) is 75.1 Å². The fraction of sp³-hybridized carbons (Fsp3) is 0.333. The SMILES string of the molecule is COc1ccc(N2CCN(Cc3nc(-c4ccc(C(F)(F)F)cc4)sc3CSc3ccc(OC(C)(C)C(=O)O)cc3)CC2)cc1. The number of carbonyl (C=O) groups is 1. The van der Waals surface area contributed by atoms with E-state index in [1.54, 1.807) is 31.0 Å². The number of hydrogen-bond acceptors (Lipinski definition) is 8. The average molecular weight is 658 g/mol. The molecule has 5 rings (SSSR count). The van der Waals surface area contributed by atoms with Crippen molar-refractivity contribution in [2.24, 2.45) is 0 Å². The normalized spacial score (nSPS) is 14.4. The van der Waals surface area contributed by atoms with E-state index in [2.05, 4.69) is 21.9 Å². The average Bonchev–Trinajstić information content (AvgIpc) is 3.43. The zero-order chi connectivity index (χ0) is 32.2. The lowest BCUT2D eigenvalue weighted by atomic mass is 10.1. The van der Waals surface area contributed by atoms with Gasteiger partial charge in [0.2, 0.25) is 0 Å². The van der Waals surface area contributed by atoms with Gasteiger partial charge in [0.05, 0.1) is 18.4 Å². The minimum atomic E-state index is -4.40. The van der Waals surface area contributed by atoms with Gasteiger partial charge in [-0.2, -0.15) is 13.2 Å². The van der Waals surface area contributed by atoms with Crippen LogP contribution in [0.4, 0.5) is 18.9 Å². The van der Waals surface area contributed by atoms with Gasteiger partial charge >= 0.3 is 12.1 Å². The lowest BCUT2D eigenvalue weighted by molar-refractivity contribution is -0.152. The monoisotopic (exact) mass is 657 g/mol. The number of thioether (sulfide) groups is 1. The minimum absolute atomic E-state index is 0.462. The van der Waals surface area contributed by atoms with Gasteiger partial charge < -0.3 is 19.5 Å². The summed E-state index contributed by atoms with van der Waals surface area (Å²) in [6.45, 7) is 7.05. The molecule has 0 saturated carbocycles. The second kappa shape index (κ2) is 13.7. The standard InChI is InChI=1S/C33H34F3N3O4S2/c1-32(2,31(40)41)43-26-12-14-27(15-13-26)44-21-29-28(37-30(45-29)22-4-6-23(7-5-22)33(34,35)36)20-38-16-18-39(19-17-38)24-8-10-25(42-3)11-9-24/h4-15H,16-21H2,1-3H3,(H,40,41). The predicted molar refractivity (Wildman–Crippen MR) is 171 cm³/mol. The number of aromatic nitrogens is 1. The zero-order valence-corrected chi connectivity index (χ0v) is 26.8. The van der Waals surface area contributed by atoms with Crippen molar-refractivity contribution in [2.45, 2.75) is 42.8 Å². The van der Waals surface area contributed by atoms with Gasteiger partial charge in [-0.1, -0.05) is 12.1 Å². The number of piperazine rings is 1. The number of rotatable bonds is 11. The number of thiazole rings is 1. The van der Waals surface area contributed by atoms with Gasteiger partial charge in [0.15, 0.2) is 5.60 Å². The molecule has 1 N–H and O–H groups in total. The first-order valence-electron chi connectivity index (χ1n) is 14.3. The molecule has 4 aromatic rings. The van der Waals surface area contributed by atoms with Crippen molar-refractivity contribution in [2.75, 3.05) is 38.2 Å². The smallest absolute Gasteiger partial charge is 0.416 e. The Kier molecular flexibility index (Phi) is 9.95. The summed E-state index contributed by atoms with van der Waals surface area (Å²) in [6, 6.07) is 20.5. The molecule has 1 fully saturated rings. The summed E-state index contributed by atoms with van der Waals surface area (Å²) in [7, 11) is 1.65. The highest BCUT2D eigenvalue weighted by Crippen LogP contribution is 2.36. The Bertz CT molecular complexity index is 1580. The van der Waals surface area contributed by atoms with Crippen LogP contribution in [0.1, 0.15) is 30.0 Å². The van der Waals surface area contributed by atoms with E-state index in [4.69, 9.17) is 14.5 Å². The number of methoxy groups -OCH3 is 1. The van der Waals surface area contributed by atoms with Crippen molar-refractivity contribution in [3.8, 4) is 22.1 Å². The molecular weight excluding hydrogens is 624 g/mol. The molecule has 1 aliphatic rings. The van der Waals surface area contributed by atoms with Crippen molar-refractivity contribution in [1.29, 1.82) is 0 Å². The van der Waals surface area contributed by atoms with E-state index >= 15 is 0 Å². The molecule has 0 atom stereocenters. The number of hydrogen-bond donors (Lipinski definition) is 1. The maximum absolute atomic E-state index is 13.2. The van der Waals surface area contributed by atoms with E-state index < -0.39 is 23.3 Å². The molecule has 7 nitrogen and oxygen atoms in total. The van der Waals surface area contributed by atoms with Gasteiger partial charge in [-0.25, -0.2) is 9.78 Å². The second-order valence-electron chi connectivity index (χ2n) is 11.1. The molecule has 0 amide bonds. The maximum atomic E-state index is 13.2. The number of carboxylic acids is 1. The molecule has 12 heteroatoms. The van der Waals surface area contributed by atoms with Crippen LogP contribution in [0.3, 0.4) is 0 Å². The first-order valence-corrected chi connectivity index (χ1v) is 16.1. The van der Waals surface area contributed by atoms with Gasteiger partial charge in [-0.05, 0) is 74.5 Å². The van der Waals surface area contributed by atoms with Crippen LogP contribution in [0.25, 0.3) is 10.6 Å². The van der Waals surface area contributed by atoms with Gasteiger partial charge in [0.25, 0.3) is 0 Å². The zero-order valence-electron chi connectivity index (χ0n) is 25.1. The van der Waals surface area contributed by atoms with Gasteiger partial charge in [0.1, 0.15) is 16.5 Å². The quantitative estimate of drug-likeness (QED) is 0.165. The fourth-order valence-corrected chi connectivity index (χ4v) is 6.88. The third kappa shape index (κ3) is 8.30. The summed E-state index contributed by atoms with van der Waals surface area (Å²) < 4.78 is 50.4. The Morgan fingerprint density at radius 3 is 2.13 bits per heavy atom. The van der Waals surface area contributed by atoms with Crippen molar-refractivity contribution >= 4 is 34.8 Å². The van der Waals surface area contributed by atoms with Crippen LogP contribution in [0.5, 0.6) is 11.5 Å².